The molecule has 96 valence electrons. The predicted octanol–water partition coefficient (Wildman–Crippen LogP) is 1.47. The van der Waals surface area contributed by atoms with Crippen molar-refractivity contribution in [2.24, 2.45) is 5.92 Å². The summed E-state index contributed by atoms with van der Waals surface area (Å²) in [6, 6.07) is 0.557. The van der Waals surface area contributed by atoms with E-state index in [1.165, 1.54) is 25.9 Å². The zero-order chi connectivity index (χ0) is 12.2. The first-order valence-electron chi connectivity index (χ1n) is 6.58. The van der Waals surface area contributed by atoms with Crippen LogP contribution in [-0.2, 0) is 0 Å². The summed E-state index contributed by atoms with van der Waals surface area (Å²) in [4.78, 5) is 2.57. The monoisotopic (exact) mass is 228 g/mol. The van der Waals surface area contributed by atoms with Gasteiger partial charge in [-0.15, -0.1) is 0 Å². The Labute approximate surface area is 100 Å². The van der Waals surface area contributed by atoms with Gasteiger partial charge in [-0.25, -0.2) is 0 Å². The van der Waals surface area contributed by atoms with Crippen LogP contribution < -0.4 is 5.32 Å². The summed E-state index contributed by atoms with van der Waals surface area (Å²) in [6.45, 7) is 9.33. The van der Waals surface area contributed by atoms with Crippen LogP contribution >= 0.6 is 0 Å². The van der Waals surface area contributed by atoms with E-state index in [2.05, 4.69) is 31.0 Å². The molecule has 3 atom stereocenters. The van der Waals surface area contributed by atoms with Crippen LogP contribution in [-0.4, -0.2) is 48.3 Å². The number of nitrogens with zero attached hydrogens (tertiary/aromatic N) is 1. The Kier molecular flexibility index (Phi) is 5.22. The van der Waals surface area contributed by atoms with Crippen molar-refractivity contribution in [3.05, 3.63) is 0 Å². The zero-order valence-corrected chi connectivity index (χ0v) is 11.3. The van der Waals surface area contributed by atoms with Gasteiger partial charge in [0.05, 0.1) is 6.61 Å². The van der Waals surface area contributed by atoms with Gasteiger partial charge in [-0.3, -0.25) is 0 Å². The Balaban J connectivity index is 2.43. The highest BCUT2D eigenvalue weighted by atomic mass is 16.3. The average molecular weight is 228 g/mol. The van der Waals surface area contributed by atoms with Gasteiger partial charge in [0.15, 0.2) is 0 Å². The molecule has 0 radical (unpaired) electrons. The fourth-order valence-corrected chi connectivity index (χ4v) is 2.62. The first kappa shape index (κ1) is 13.9. The van der Waals surface area contributed by atoms with Crippen LogP contribution in [0.2, 0.25) is 0 Å². The third-order valence-corrected chi connectivity index (χ3v) is 4.22. The number of nitrogens with one attached hydrogen (secondary N) is 1. The molecular formula is C13H28N2O. The molecule has 2 N–H and O–H groups in total. The second kappa shape index (κ2) is 5.99. The van der Waals surface area contributed by atoms with Gasteiger partial charge in [0.1, 0.15) is 0 Å². The van der Waals surface area contributed by atoms with Crippen molar-refractivity contribution in [3.63, 3.8) is 0 Å². The first-order valence-corrected chi connectivity index (χ1v) is 6.58. The topological polar surface area (TPSA) is 35.5 Å². The summed E-state index contributed by atoms with van der Waals surface area (Å²) < 4.78 is 0. The largest absolute Gasteiger partial charge is 0.394 e. The van der Waals surface area contributed by atoms with Gasteiger partial charge in [-0.05, 0) is 46.2 Å². The summed E-state index contributed by atoms with van der Waals surface area (Å²) in [7, 11) is 1.93. The molecule has 1 saturated heterocycles. The molecular weight excluding hydrogens is 200 g/mol. The highest BCUT2D eigenvalue weighted by Gasteiger charge is 2.30. The van der Waals surface area contributed by atoms with Crippen molar-refractivity contribution in [2.45, 2.75) is 51.6 Å². The normalized spacial score (nSPS) is 27.9. The SMILES string of the molecule is CCC1CCN(C(C)CC(C)(CO)NC)C1. The smallest absolute Gasteiger partial charge is 0.0611 e. The van der Waals surface area contributed by atoms with E-state index in [1.54, 1.807) is 0 Å². The van der Waals surface area contributed by atoms with Gasteiger partial charge in [-0.2, -0.15) is 0 Å². The molecule has 0 aliphatic carbocycles. The second-order valence-electron chi connectivity index (χ2n) is 5.58. The van der Waals surface area contributed by atoms with Crippen LogP contribution in [0.15, 0.2) is 0 Å². The van der Waals surface area contributed by atoms with Gasteiger partial charge < -0.3 is 15.3 Å². The van der Waals surface area contributed by atoms with E-state index in [1.807, 2.05) is 7.05 Å². The predicted molar refractivity (Wildman–Crippen MR) is 68.6 cm³/mol. The molecule has 0 spiro atoms. The summed E-state index contributed by atoms with van der Waals surface area (Å²) >= 11 is 0. The second-order valence-corrected chi connectivity index (χ2v) is 5.58. The molecule has 16 heavy (non-hydrogen) atoms. The number of aliphatic hydroxyl groups excluding tert-OH is 1. The Morgan fingerprint density at radius 1 is 1.56 bits per heavy atom. The summed E-state index contributed by atoms with van der Waals surface area (Å²) in [5.74, 6) is 0.886. The lowest BCUT2D eigenvalue weighted by molar-refractivity contribution is 0.130. The number of hydrogen-bond acceptors (Lipinski definition) is 3. The fraction of sp³-hybridized carbons (Fsp3) is 1.00. The van der Waals surface area contributed by atoms with Crippen LogP contribution in [0.1, 0.15) is 40.0 Å². The zero-order valence-electron chi connectivity index (χ0n) is 11.3. The van der Waals surface area contributed by atoms with Gasteiger partial charge in [-0.1, -0.05) is 13.3 Å². The Hall–Kier alpha value is -0.120. The van der Waals surface area contributed by atoms with E-state index >= 15 is 0 Å². The van der Waals surface area contributed by atoms with Crippen LogP contribution in [0.5, 0.6) is 0 Å². The molecule has 0 bridgehead atoms. The van der Waals surface area contributed by atoms with Crippen molar-refractivity contribution in [3.8, 4) is 0 Å². The number of likely N-dealkylation sites (tertiary alicyclic amines) is 1. The van der Waals surface area contributed by atoms with Gasteiger partial charge >= 0.3 is 0 Å². The highest BCUT2D eigenvalue weighted by molar-refractivity contribution is 4.88. The lowest BCUT2D eigenvalue weighted by Gasteiger charge is -2.34. The fourth-order valence-electron chi connectivity index (χ4n) is 2.62. The molecule has 0 saturated carbocycles. The third-order valence-electron chi connectivity index (χ3n) is 4.22. The minimum absolute atomic E-state index is 0.135. The quantitative estimate of drug-likeness (QED) is 0.722. The molecule has 3 nitrogen and oxygen atoms in total. The van der Waals surface area contributed by atoms with Crippen LogP contribution in [0, 0.1) is 5.92 Å². The lowest BCUT2D eigenvalue weighted by Crippen LogP contribution is -2.48. The van der Waals surface area contributed by atoms with E-state index < -0.39 is 0 Å². The van der Waals surface area contributed by atoms with E-state index in [9.17, 15) is 5.11 Å². The molecule has 1 rings (SSSR count). The Morgan fingerprint density at radius 2 is 2.25 bits per heavy atom. The highest BCUT2D eigenvalue weighted by Crippen LogP contribution is 2.24. The number of rotatable bonds is 6. The van der Waals surface area contributed by atoms with Crippen LogP contribution in [0.25, 0.3) is 0 Å². The number of aliphatic hydroxyl groups is 1. The minimum atomic E-state index is -0.135. The van der Waals surface area contributed by atoms with Crippen LogP contribution in [0.4, 0.5) is 0 Å². The van der Waals surface area contributed by atoms with Crippen molar-refractivity contribution in [2.75, 3.05) is 26.7 Å². The van der Waals surface area contributed by atoms with Crippen molar-refractivity contribution >= 4 is 0 Å². The first-order chi connectivity index (χ1) is 7.54. The molecule has 1 aliphatic heterocycles. The molecule has 1 fully saturated rings. The van der Waals surface area contributed by atoms with Crippen LogP contribution in [0.3, 0.4) is 0 Å². The van der Waals surface area contributed by atoms with Crippen molar-refractivity contribution < 1.29 is 5.11 Å². The summed E-state index contributed by atoms with van der Waals surface area (Å²) in [5, 5.41) is 12.6. The maximum absolute atomic E-state index is 9.39. The molecule has 3 heteroatoms. The molecule has 0 aromatic carbocycles. The van der Waals surface area contributed by atoms with E-state index in [0.717, 1.165) is 12.3 Å². The standard InChI is InChI=1S/C13H28N2O/c1-5-12-6-7-15(9-12)11(2)8-13(3,10-16)14-4/h11-12,14,16H,5-10H2,1-4H3. The Bertz CT molecular complexity index is 204. The van der Waals surface area contributed by atoms with Crippen molar-refractivity contribution in [1.29, 1.82) is 0 Å². The van der Waals surface area contributed by atoms with Crippen molar-refractivity contribution in [1.82, 2.24) is 10.2 Å². The van der Waals surface area contributed by atoms with Gasteiger partial charge in [0, 0.05) is 18.1 Å². The third kappa shape index (κ3) is 3.44. The average Bonchev–Trinajstić information content (AvgIpc) is 2.77. The minimum Gasteiger partial charge on any atom is -0.394 e. The van der Waals surface area contributed by atoms with E-state index in [4.69, 9.17) is 0 Å². The lowest BCUT2D eigenvalue weighted by atomic mass is 9.94. The summed E-state index contributed by atoms with van der Waals surface area (Å²) in [6.07, 6.45) is 3.65. The molecule has 0 amide bonds. The maximum atomic E-state index is 9.39. The van der Waals surface area contributed by atoms with Gasteiger partial charge in [0.25, 0.3) is 0 Å². The maximum Gasteiger partial charge on any atom is 0.0611 e. The number of hydrogen-bond donors (Lipinski definition) is 2. The molecule has 1 aliphatic rings. The Morgan fingerprint density at radius 3 is 2.69 bits per heavy atom. The molecule has 1 heterocycles. The van der Waals surface area contributed by atoms with E-state index in [-0.39, 0.29) is 12.1 Å². The summed E-state index contributed by atoms with van der Waals surface area (Å²) in [5.41, 5.74) is -0.135. The molecule has 3 unspecified atom stereocenters. The number of likely N-dealkylation sites (N-methyl/N-ethyl adjacent to an activating group) is 1. The molecule has 0 aromatic rings. The molecule has 0 aromatic heterocycles. The van der Waals surface area contributed by atoms with Gasteiger partial charge in [0.2, 0.25) is 0 Å². The van der Waals surface area contributed by atoms with E-state index in [0.29, 0.717) is 6.04 Å².